The Morgan fingerprint density at radius 2 is 1.84 bits per heavy atom. The molecule has 0 saturated carbocycles. The fourth-order valence-electron chi connectivity index (χ4n) is 5.77. The minimum atomic E-state index is -1.04. The highest BCUT2D eigenvalue weighted by Crippen LogP contribution is 2.41. The summed E-state index contributed by atoms with van der Waals surface area (Å²) in [6.07, 6.45) is -0.0580. The third kappa shape index (κ3) is 6.53. The first-order valence-electron chi connectivity index (χ1n) is 14.6. The van der Waals surface area contributed by atoms with Gasteiger partial charge in [0.25, 0.3) is 0 Å². The van der Waals surface area contributed by atoms with E-state index < -0.39 is 35.7 Å². The standard InChI is InChI=1S/C33H36ClFN4O6/c1-18-20(7-6-10-26(18)37-31(41)24-16-38(2)33(43)39(3)32(24)42)22-9-5-8-21(30(22)34)19-13-25(35)23(29(14-19)44-4)15-36-27-11-12-45-17-28(27)40/h5-10,13-14,24,27-28,36,40H,11-12,15-17H2,1-4H3,(H,37,41)/t24?,27-,28-/m0/s1. The van der Waals surface area contributed by atoms with Crippen LogP contribution in [-0.2, 0) is 20.9 Å². The molecular weight excluding hydrogens is 603 g/mol. The summed E-state index contributed by atoms with van der Waals surface area (Å²) in [6, 6.07) is 13.3. The molecule has 0 bridgehead atoms. The predicted molar refractivity (Wildman–Crippen MR) is 169 cm³/mol. The largest absolute Gasteiger partial charge is 0.496 e. The van der Waals surface area contributed by atoms with E-state index in [1.54, 1.807) is 24.3 Å². The molecule has 3 aromatic rings. The van der Waals surface area contributed by atoms with E-state index in [1.807, 2.05) is 25.1 Å². The Kier molecular flexibility index (Phi) is 9.73. The normalized spacial score (nSPS) is 20.4. The van der Waals surface area contributed by atoms with E-state index in [1.165, 1.54) is 32.2 Å². The summed E-state index contributed by atoms with van der Waals surface area (Å²) < 4.78 is 26.4. The molecule has 0 aromatic heterocycles. The van der Waals surface area contributed by atoms with Crippen LogP contribution in [-0.4, -0.2) is 85.9 Å². The Balaban J connectivity index is 1.41. The zero-order valence-corrected chi connectivity index (χ0v) is 26.3. The maximum Gasteiger partial charge on any atom is 0.326 e. The van der Waals surface area contributed by atoms with Crippen molar-refractivity contribution in [1.82, 2.24) is 15.1 Å². The molecule has 45 heavy (non-hydrogen) atoms. The monoisotopic (exact) mass is 638 g/mol. The van der Waals surface area contributed by atoms with Gasteiger partial charge >= 0.3 is 6.03 Å². The molecule has 2 heterocycles. The second-order valence-electron chi connectivity index (χ2n) is 11.3. The number of ether oxygens (including phenoxy) is 2. The number of benzene rings is 3. The highest BCUT2D eigenvalue weighted by molar-refractivity contribution is 6.36. The lowest BCUT2D eigenvalue weighted by molar-refractivity contribution is -0.140. The SMILES string of the molecule is COc1cc(-c2cccc(-c3cccc(NC(=O)C4CN(C)C(=O)N(C)C4=O)c3C)c2Cl)cc(F)c1CN[C@H]1CCOC[C@@H]1O. The van der Waals surface area contributed by atoms with Crippen LogP contribution in [0, 0.1) is 18.7 Å². The maximum atomic E-state index is 15.5. The van der Waals surface area contributed by atoms with Gasteiger partial charge in [0.15, 0.2) is 0 Å². The second kappa shape index (κ2) is 13.5. The van der Waals surface area contributed by atoms with Gasteiger partial charge in [0.05, 0.1) is 24.8 Å². The quantitative estimate of drug-likeness (QED) is 0.312. The molecule has 10 nitrogen and oxygen atoms in total. The number of hydrogen-bond donors (Lipinski definition) is 3. The van der Waals surface area contributed by atoms with E-state index in [2.05, 4.69) is 10.6 Å². The van der Waals surface area contributed by atoms with E-state index in [0.717, 1.165) is 10.5 Å². The van der Waals surface area contributed by atoms with Crippen molar-refractivity contribution in [3.05, 3.63) is 70.5 Å². The molecule has 12 heteroatoms. The molecule has 0 radical (unpaired) electrons. The van der Waals surface area contributed by atoms with Gasteiger partial charge in [-0.3, -0.25) is 14.5 Å². The van der Waals surface area contributed by atoms with Gasteiger partial charge in [0, 0.05) is 62.2 Å². The Bertz CT molecular complexity index is 1630. The van der Waals surface area contributed by atoms with Gasteiger partial charge in [-0.05, 0) is 48.2 Å². The highest BCUT2D eigenvalue weighted by Gasteiger charge is 2.39. The lowest BCUT2D eigenvalue weighted by Gasteiger charge is -2.33. The topological polar surface area (TPSA) is 120 Å². The number of amides is 4. The zero-order chi connectivity index (χ0) is 32.4. The number of aliphatic hydroxyl groups excluding tert-OH is 1. The van der Waals surface area contributed by atoms with Crippen LogP contribution in [0.15, 0.2) is 48.5 Å². The van der Waals surface area contributed by atoms with Crippen LogP contribution in [0.1, 0.15) is 17.5 Å². The molecule has 4 amide bonds. The fraction of sp³-hybridized carbons (Fsp3) is 0.364. The number of halogens is 2. The molecular formula is C33H36ClFN4O6. The molecule has 238 valence electrons. The van der Waals surface area contributed by atoms with Crippen LogP contribution in [0.5, 0.6) is 5.75 Å². The Morgan fingerprint density at radius 1 is 1.13 bits per heavy atom. The maximum absolute atomic E-state index is 15.5. The molecule has 2 aliphatic heterocycles. The number of nitrogens with zero attached hydrogens (tertiary/aromatic N) is 2. The van der Waals surface area contributed by atoms with Crippen LogP contribution in [0.25, 0.3) is 22.3 Å². The number of methoxy groups -OCH3 is 1. The Morgan fingerprint density at radius 3 is 2.58 bits per heavy atom. The number of nitrogens with one attached hydrogen (secondary N) is 2. The first kappa shape index (κ1) is 32.4. The molecule has 5 rings (SSSR count). The minimum Gasteiger partial charge on any atom is -0.496 e. The summed E-state index contributed by atoms with van der Waals surface area (Å²) >= 11 is 6.97. The lowest BCUT2D eigenvalue weighted by Crippen LogP contribution is -2.56. The first-order chi connectivity index (χ1) is 21.5. The Labute approximate surface area is 266 Å². The van der Waals surface area contributed by atoms with Crippen molar-refractivity contribution in [2.24, 2.45) is 5.92 Å². The van der Waals surface area contributed by atoms with Gasteiger partial charge < -0.3 is 30.1 Å². The van der Waals surface area contributed by atoms with Gasteiger partial charge in [-0.15, -0.1) is 0 Å². The number of urea groups is 1. The summed E-state index contributed by atoms with van der Waals surface area (Å²) in [5.41, 5.74) is 4.06. The third-order valence-electron chi connectivity index (χ3n) is 8.45. The van der Waals surface area contributed by atoms with Gasteiger partial charge in [-0.25, -0.2) is 9.18 Å². The average molecular weight is 639 g/mol. The van der Waals surface area contributed by atoms with E-state index in [0.29, 0.717) is 57.3 Å². The highest BCUT2D eigenvalue weighted by atomic mass is 35.5. The number of rotatable bonds is 8. The average Bonchev–Trinajstić information content (AvgIpc) is 3.02. The molecule has 2 aliphatic rings. The molecule has 0 spiro atoms. The molecule has 3 N–H and O–H groups in total. The molecule has 1 unspecified atom stereocenters. The number of carbonyl (C=O) groups is 3. The molecule has 0 aliphatic carbocycles. The van der Waals surface area contributed by atoms with Gasteiger partial charge in [0.1, 0.15) is 17.5 Å². The fourth-order valence-corrected chi connectivity index (χ4v) is 6.11. The number of carbonyl (C=O) groups excluding carboxylic acids is 3. The summed E-state index contributed by atoms with van der Waals surface area (Å²) in [5.74, 6) is -2.26. The smallest absolute Gasteiger partial charge is 0.326 e. The van der Waals surface area contributed by atoms with Gasteiger partial charge in [-0.2, -0.15) is 0 Å². The van der Waals surface area contributed by atoms with Crippen molar-refractivity contribution in [1.29, 1.82) is 0 Å². The number of aliphatic hydroxyl groups is 1. The van der Waals surface area contributed by atoms with Crippen molar-refractivity contribution in [3.63, 3.8) is 0 Å². The van der Waals surface area contributed by atoms with Crippen molar-refractivity contribution in [2.75, 3.05) is 46.3 Å². The first-order valence-corrected chi connectivity index (χ1v) is 15.0. The Hall–Kier alpha value is -4.03. The van der Waals surface area contributed by atoms with E-state index in [-0.39, 0.29) is 25.7 Å². The molecule has 2 fully saturated rings. The van der Waals surface area contributed by atoms with E-state index in [9.17, 15) is 19.5 Å². The van der Waals surface area contributed by atoms with Crippen LogP contribution in [0.3, 0.4) is 0 Å². The van der Waals surface area contributed by atoms with E-state index in [4.69, 9.17) is 21.1 Å². The van der Waals surface area contributed by atoms with Crippen LogP contribution < -0.4 is 15.4 Å². The third-order valence-corrected chi connectivity index (χ3v) is 8.86. The lowest BCUT2D eigenvalue weighted by atomic mass is 9.94. The van der Waals surface area contributed by atoms with E-state index >= 15 is 4.39 Å². The summed E-state index contributed by atoms with van der Waals surface area (Å²) in [6.45, 7) is 2.73. The predicted octanol–water partition coefficient (Wildman–Crippen LogP) is 4.45. The van der Waals surface area contributed by atoms with Crippen molar-refractivity contribution in [2.45, 2.75) is 32.0 Å². The van der Waals surface area contributed by atoms with Gasteiger partial charge in [0.2, 0.25) is 11.8 Å². The molecule has 3 atom stereocenters. The van der Waals surface area contributed by atoms with Crippen LogP contribution in [0.2, 0.25) is 5.02 Å². The number of hydrogen-bond acceptors (Lipinski definition) is 7. The zero-order valence-electron chi connectivity index (χ0n) is 25.5. The molecule has 3 aromatic carbocycles. The summed E-state index contributed by atoms with van der Waals surface area (Å²) in [5, 5.41) is 16.6. The summed E-state index contributed by atoms with van der Waals surface area (Å²) in [4.78, 5) is 40.2. The summed E-state index contributed by atoms with van der Waals surface area (Å²) in [7, 11) is 4.37. The van der Waals surface area contributed by atoms with Crippen molar-refractivity contribution in [3.8, 4) is 28.0 Å². The number of imide groups is 1. The van der Waals surface area contributed by atoms with Crippen molar-refractivity contribution < 1.29 is 33.4 Å². The van der Waals surface area contributed by atoms with Gasteiger partial charge in [-0.1, -0.05) is 41.9 Å². The minimum absolute atomic E-state index is 0.0210. The number of anilines is 1. The molecule has 2 saturated heterocycles. The second-order valence-corrected chi connectivity index (χ2v) is 11.7. The van der Waals surface area contributed by atoms with Crippen LogP contribution in [0.4, 0.5) is 14.9 Å². The van der Waals surface area contributed by atoms with Crippen molar-refractivity contribution >= 4 is 35.1 Å². The van der Waals surface area contributed by atoms with Crippen LogP contribution >= 0.6 is 11.6 Å².